The first-order chi connectivity index (χ1) is 9.74. The number of nitrogens with two attached hydrogens (primary N) is 1. The van der Waals surface area contributed by atoms with E-state index in [1.165, 1.54) is 24.6 Å². The number of nitrogens with zero attached hydrogens (tertiary/aromatic N) is 1. The molecule has 0 aliphatic carbocycles. The Hall–Kier alpha value is -1.41. The van der Waals surface area contributed by atoms with Crippen molar-refractivity contribution in [1.82, 2.24) is 4.98 Å². The molecule has 1 heterocycles. The monoisotopic (exact) mass is 270 g/mol. The van der Waals surface area contributed by atoms with Gasteiger partial charge < -0.3 is 5.73 Å². The molecule has 2 atom stereocenters. The number of unbranched alkanes of at least 4 members (excludes halogenated alkanes) is 1. The lowest BCUT2D eigenvalue weighted by atomic mass is 9.89. The summed E-state index contributed by atoms with van der Waals surface area (Å²) >= 11 is 0. The van der Waals surface area contributed by atoms with Crippen molar-refractivity contribution < 1.29 is 0 Å². The fraction of sp³-hybridized carbons (Fsp3) is 0.500. The summed E-state index contributed by atoms with van der Waals surface area (Å²) in [5, 5.41) is 1.20. The van der Waals surface area contributed by atoms with Gasteiger partial charge in [0, 0.05) is 23.5 Å². The van der Waals surface area contributed by atoms with Gasteiger partial charge in [0.2, 0.25) is 0 Å². The summed E-state index contributed by atoms with van der Waals surface area (Å²) in [4.78, 5) is 4.73. The maximum absolute atomic E-state index is 6.41. The Morgan fingerprint density at radius 2 is 1.90 bits per heavy atom. The van der Waals surface area contributed by atoms with Crippen LogP contribution in [0.15, 0.2) is 36.4 Å². The van der Waals surface area contributed by atoms with Gasteiger partial charge in [-0.05, 0) is 24.5 Å². The zero-order chi connectivity index (χ0) is 14.4. The van der Waals surface area contributed by atoms with Gasteiger partial charge in [-0.15, -0.1) is 0 Å². The third-order valence-corrected chi connectivity index (χ3v) is 4.16. The van der Waals surface area contributed by atoms with Crippen LogP contribution < -0.4 is 5.73 Å². The Bertz CT molecular complexity index is 536. The lowest BCUT2D eigenvalue weighted by molar-refractivity contribution is 0.367. The van der Waals surface area contributed by atoms with Crippen LogP contribution in [0.4, 0.5) is 0 Å². The van der Waals surface area contributed by atoms with Crippen molar-refractivity contribution in [1.29, 1.82) is 0 Å². The SMILES string of the molecule is CCCCC(CC)C(N)Cc1ccc2ccccc2n1. The van der Waals surface area contributed by atoms with E-state index in [-0.39, 0.29) is 6.04 Å². The summed E-state index contributed by atoms with van der Waals surface area (Å²) in [6.07, 6.45) is 5.80. The second kappa shape index (κ2) is 7.39. The van der Waals surface area contributed by atoms with Gasteiger partial charge in [0.1, 0.15) is 0 Å². The second-order valence-corrected chi connectivity index (χ2v) is 5.67. The van der Waals surface area contributed by atoms with E-state index in [0.717, 1.165) is 24.1 Å². The van der Waals surface area contributed by atoms with E-state index in [1.807, 2.05) is 12.1 Å². The quantitative estimate of drug-likeness (QED) is 0.813. The molecule has 1 aromatic heterocycles. The van der Waals surface area contributed by atoms with Crippen molar-refractivity contribution in [3.8, 4) is 0 Å². The van der Waals surface area contributed by atoms with Gasteiger partial charge in [0.25, 0.3) is 0 Å². The Kier molecular flexibility index (Phi) is 5.54. The first-order valence-corrected chi connectivity index (χ1v) is 7.84. The zero-order valence-corrected chi connectivity index (χ0v) is 12.7. The fourth-order valence-corrected chi connectivity index (χ4v) is 2.82. The maximum Gasteiger partial charge on any atom is 0.0705 e. The van der Waals surface area contributed by atoms with Crippen LogP contribution >= 0.6 is 0 Å². The molecule has 0 radical (unpaired) electrons. The summed E-state index contributed by atoms with van der Waals surface area (Å²) in [6, 6.07) is 12.7. The third-order valence-electron chi connectivity index (χ3n) is 4.16. The number of hydrogen-bond donors (Lipinski definition) is 1. The number of hydrogen-bond acceptors (Lipinski definition) is 2. The molecule has 2 N–H and O–H groups in total. The summed E-state index contributed by atoms with van der Waals surface area (Å²) in [5.41, 5.74) is 8.59. The van der Waals surface area contributed by atoms with Crippen LogP contribution in [-0.2, 0) is 6.42 Å². The predicted molar refractivity (Wildman–Crippen MR) is 86.7 cm³/mol. The van der Waals surface area contributed by atoms with Gasteiger partial charge >= 0.3 is 0 Å². The summed E-state index contributed by atoms with van der Waals surface area (Å²) in [7, 11) is 0. The highest BCUT2D eigenvalue weighted by molar-refractivity contribution is 5.78. The second-order valence-electron chi connectivity index (χ2n) is 5.67. The molecule has 2 aromatic rings. The number of para-hydroxylation sites is 1. The minimum absolute atomic E-state index is 0.222. The standard InChI is InChI=1S/C18H26N2/c1-3-5-8-14(4-2)17(19)13-16-12-11-15-9-6-7-10-18(15)20-16/h6-7,9-12,14,17H,3-5,8,13,19H2,1-2H3. The van der Waals surface area contributed by atoms with E-state index in [2.05, 4.69) is 38.1 Å². The predicted octanol–water partition coefficient (Wildman–Crippen LogP) is 4.32. The highest BCUT2D eigenvalue weighted by Gasteiger charge is 2.16. The topological polar surface area (TPSA) is 38.9 Å². The van der Waals surface area contributed by atoms with Gasteiger partial charge in [-0.2, -0.15) is 0 Å². The van der Waals surface area contributed by atoms with Crippen molar-refractivity contribution in [2.75, 3.05) is 0 Å². The van der Waals surface area contributed by atoms with E-state index < -0.39 is 0 Å². The van der Waals surface area contributed by atoms with Gasteiger partial charge in [-0.25, -0.2) is 0 Å². The summed E-state index contributed by atoms with van der Waals surface area (Å²) < 4.78 is 0. The number of aromatic nitrogens is 1. The maximum atomic E-state index is 6.41. The van der Waals surface area contributed by atoms with E-state index >= 15 is 0 Å². The minimum atomic E-state index is 0.222. The molecular weight excluding hydrogens is 244 g/mol. The molecule has 0 aliphatic heterocycles. The molecule has 1 aromatic carbocycles. The van der Waals surface area contributed by atoms with Gasteiger partial charge in [-0.1, -0.05) is 57.4 Å². The average Bonchev–Trinajstić information content (AvgIpc) is 2.48. The molecule has 2 nitrogen and oxygen atoms in total. The van der Waals surface area contributed by atoms with E-state index in [4.69, 9.17) is 10.7 Å². The van der Waals surface area contributed by atoms with E-state index in [0.29, 0.717) is 5.92 Å². The molecule has 2 rings (SSSR count). The molecule has 0 saturated carbocycles. The Morgan fingerprint density at radius 3 is 2.65 bits per heavy atom. The first kappa shape index (κ1) is 15.0. The largest absolute Gasteiger partial charge is 0.327 e. The smallest absolute Gasteiger partial charge is 0.0705 e. The molecule has 0 bridgehead atoms. The molecule has 2 unspecified atom stereocenters. The molecule has 0 fully saturated rings. The molecule has 0 aliphatic rings. The number of rotatable bonds is 7. The molecular formula is C18H26N2. The average molecular weight is 270 g/mol. The van der Waals surface area contributed by atoms with Crippen LogP contribution in [0.5, 0.6) is 0 Å². The van der Waals surface area contributed by atoms with Crippen molar-refractivity contribution in [2.24, 2.45) is 11.7 Å². The lowest BCUT2D eigenvalue weighted by Crippen LogP contribution is -2.32. The van der Waals surface area contributed by atoms with Crippen molar-refractivity contribution in [3.63, 3.8) is 0 Å². The Balaban J connectivity index is 2.06. The number of fused-ring (bicyclic) bond motifs is 1. The molecule has 0 saturated heterocycles. The Labute approximate surface area is 122 Å². The van der Waals surface area contributed by atoms with Crippen molar-refractivity contribution >= 4 is 10.9 Å². The summed E-state index contributed by atoms with van der Waals surface area (Å²) in [6.45, 7) is 4.48. The number of benzene rings is 1. The van der Waals surface area contributed by atoms with Crippen LogP contribution in [0, 0.1) is 5.92 Å². The van der Waals surface area contributed by atoms with Crippen LogP contribution in [0.3, 0.4) is 0 Å². The normalized spacial score (nSPS) is 14.3. The molecule has 0 amide bonds. The lowest BCUT2D eigenvalue weighted by Gasteiger charge is -2.22. The van der Waals surface area contributed by atoms with Crippen LogP contribution in [0.1, 0.15) is 45.2 Å². The van der Waals surface area contributed by atoms with Crippen molar-refractivity contribution in [3.05, 3.63) is 42.1 Å². The highest BCUT2D eigenvalue weighted by Crippen LogP contribution is 2.19. The van der Waals surface area contributed by atoms with Crippen LogP contribution in [0.25, 0.3) is 10.9 Å². The van der Waals surface area contributed by atoms with Gasteiger partial charge in [-0.3, -0.25) is 4.98 Å². The molecule has 108 valence electrons. The highest BCUT2D eigenvalue weighted by atomic mass is 14.7. The van der Waals surface area contributed by atoms with Crippen LogP contribution in [-0.4, -0.2) is 11.0 Å². The molecule has 2 heteroatoms. The third kappa shape index (κ3) is 3.80. The summed E-state index contributed by atoms with van der Waals surface area (Å²) in [5.74, 6) is 0.614. The van der Waals surface area contributed by atoms with Crippen molar-refractivity contribution in [2.45, 2.75) is 52.0 Å². The van der Waals surface area contributed by atoms with Gasteiger partial charge in [0.05, 0.1) is 5.52 Å². The van der Waals surface area contributed by atoms with E-state index in [9.17, 15) is 0 Å². The van der Waals surface area contributed by atoms with Gasteiger partial charge in [0.15, 0.2) is 0 Å². The fourth-order valence-electron chi connectivity index (χ4n) is 2.82. The minimum Gasteiger partial charge on any atom is -0.327 e. The van der Waals surface area contributed by atoms with Crippen LogP contribution in [0.2, 0.25) is 0 Å². The van der Waals surface area contributed by atoms with E-state index in [1.54, 1.807) is 0 Å². The zero-order valence-electron chi connectivity index (χ0n) is 12.7. The first-order valence-electron chi connectivity index (χ1n) is 7.84. The Morgan fingerprint density at radius 1 is 1.10 bits per heavy atom. The number of pyridine rings is 1. The molecule has 0 spiro atoms. The molecule has 20 heavy (non-hydrogen) atoms.